The van der Waals surface area contributed by atoms with Crippen molar-refractivity contribution in [1.82, 2.24) is 4.98 Å². The zero-order valence-corrected chi connectivity index (χ0v) is 11.0. The van der Waals surface area contributed by atoms with Gasteiger partial charge in [-0.3, -0.25) is 4.98 Å². The van der Waals surface area contributed by atoms with Gasteiger partial charge in [-0.05, 0) is 42.1 Å². The summed E-state index contributed by atoms with van der Waals surface area (Å²) >= 11 is 6.13. The highest BCUT2D eigenvalue weighted by atomic mass is 35.5. The molecule has 0 aliphatic heterocycles. The lowest BCUT2D eigenvalue weighted by Gasteiger charge is -2.08. The van der Waals surface area contributed by atoms with E-state index in [9.17, 15) is 0 Å². The molecule has 90 valence electrons. The first kappa shape index (κ1) is 11.3. The van der Waals surface area contributed by atoms with Crippen LogP contribution in [0, 0.1) is 6.92 Å². The maximum Gasteiger partial charge on any atom is 0.119 e. The number of methoxy groups -OCH3 is 1. The molecular weight excluding hydrogens is 246 g/mol. The van der Waals surface area contributed by atoms with Crippen LogP contribution in [0.1, 0.15) is 5.56 Å². The topological polar surface area (TPSA) is 22.1 Å². The second-order valence-electron chi connectivity index (χ2n) is 4.28. The highest BCUT2D eigenvalue weighted by molar-refractivity contribution is 6.32. The summed E-state index contributed by atoms with van der Waals surface area (Å²) in [6.07, 6.45) is 1.86. The minimum absolute atomic E-state index is 0.753. The summed E-state index contributed by atoms with van der Waals surface area (Å²) in [4.78, 5) is 4.51. The Morgan fingerprint density at radius 1 is 1.11 bits per heavy atom. The van der Waals surface area contributed by atoms with E-state index in [1.807, 2.05) is 37.4 Å². The van der Waals surface area contributed by atoms with Crippen LogP contribution in [0.3, 0.4) is 0 Å². The van der Waals surface area contributed by atoms with E-state index in [4.69, 9.17) is 16.3 Å². The van der Waals surface area contributed by atoms with Gasteiger partial charge < -0.3 is 4.74 Å². The van der Waals surface area contributed by atoms with E-state index >= 15 is 0 Å². The summed E-state index contributed by atoms with van der Waals surface area (Å²) in [5.74, 6) is 0.842. The number of hydrogen-bond donors (Lipinski definition) is 0. The maximum atomic E-state index is 6.13. The van der Waals surface area contributed by atoms with Gasteiger partial charge in [-0.2, -0.15) is 0 Å². The largest absolute Gasteiger partial charge is 0.497 e. The van der Waals surface area contributed by atoms with Gasteiger partial charge in [-0.15, -0.1) is 0 Å². The Morgan fingerprint density at radius 3 is 2.67 bits per heavy atom. The average molecular weight is 258 g/mol. The van der Waals surface area contributed by atoms with Gasteiger partial charge in [0.05, 0.1) is 12.6 Å². The van der Waals surface area contributed by atoms with Gasteiger partial charge >= 0.3 is 0 Å². The molecule has 3 aromatic rings. The molecule has 2 aromatic carbocycles. The Bertz CT molecular complexity index is 752. The third kappa shape index (κ3) is 1.61. The Morgan fingerprint density at radius 2 is 1.89 bits per heavy atom. The molecule has 0 aliphatic carbocycles. The highest BCUT2D eigenvalue weighted by Crippen LogP contribution is 2.30. The van der Waals surface area contributed by atoms with Gasteiger partial charge in [0.2, 0.25) is 0 Å². The molecule has 0 spiro atoms. The van der Waals surface area contributed by atoms with Crippen molar-refractivity contribution in [2.24, 2.45) is 0 Å². The molecule has 1 heterocycles. The number of nitrogens with zero attached hydrogens (tertiary/aromatic N) is 1. The minimum Gasteiger partial charge on any atom is -0.497 e. The van der Waals surface area contributed by atoms with Crippen LogP contribution >= 0.6 is 11.6 Å². The summed E-state index contributed by atoms with van der Waals surface area (Å²) in [6.45, 7) is 1.99. The van der Waals surface area contributed by atoms with Crippen molar-refractivity contribution in [2.45, 2.75) is 6.92 Å². The highest BCUT2D eigenvalue weighted by Gasteiger charge is 2.07. The first-order valence-electron chi connectivity index (χ1n) is 5.72. The van der Waals surface area contributed by atoms with Crippen LogP contribution in [0.25, 0.3) is 21.7 Å². The molecular formula is C15H12ClNO. The fraction of sp³-hybridized carbons (Fsp3) is 0.133. The predicted octanol–water partition coefficient (Wildman–Crippen LogP) is 4.36. The molecule has 1 aromatic heterocycles. The quantitative estimate of drug-likeness (QED) is 0.605. The number of pyridine rings is 1. The summed E-state index contributed by atoms with van der Waals surface area (Å²) in [5.41, 5.74) is 1.98. The van der Waals surface area contributed by atoms with E-state index in [0.29, 0.717) is 0 Å². The van der Waals surface area contributed by atoms with Crippen LogP contribution in [0.2, 0.25) is 5.02 Å². The lowest BCUT2D eigenvalue weighted by molar-refractivity contribution is 0.415. The second kappa shape index (κ2) is 4.14. The summed E-state index contributed by atoms with van der Waals surface area (Å²) in [7, 11) is 1.67. The summed E-state index contributed by atoms with van der Waals surface area (Å²) in [6, 6.07) is 9.96. The molecule has 0 radical (unpaired) electrons. The zero-order chi connectivity index (χ0) is 12.7. The van der Waals surface area contributed by atoms with Crippen LogP contribution in [-0.4, -0.2) is 12.1 Å². The molecule has 0 saturated heterocycles. The van der Waals surface area contributed by atoms with Crippen LogP contribution in [0.5, 0.6) is 5.75 Å². The fourth-order valence-corrected chi connectivity index (χ4v) is 2.37. The Balaban J connectivity index is 2.43. The normalized spacial score (nSPS) is 11.1. The minimum atomic E-state index is 0.753. The molecule has 0 unspecified atom stereocenters. The second-order valence-corrected chi connectivity index (χ2v) is 4.69. The van der Waals surface area contributed by atoms with E-state index in [1.54, 1.807) is 7.11 Å². The van der Waals surface area contributed by atoms with Gasteiger partial charge in [0.15, 0.2) is 0 Å². The average Bonchev–Trinajstić information content (AvgIpc) is 2.41. The molecule has 0 saturated carbocycles. The van der Waals surface area contributed by atoms with Crippen LogP contribution < -0.4 is 4.74 Å². The van der Waals surface area contributed by atoms with E-state index in [0.717, 1.165) is 32.6 Å². The van der Waals surface area contributed by atoms with Crippen molar-refractivity contribution < 1.29 is 4.74 Å². The van der Waals surface area contributed by atoms with E-state index in [1.165, 1.54) is 5.39 Å². The fourth-order valence-electron chi connectivity index (χ4n) is 2.21. The first-order chi connectivity index (χ1) is 8.70. The van der Waals surface area contributed by atoms with Crippen molar-refractivity contribution in [1.29, 1.82) is 0 Å². The van der Waals surface area contributed by atoms with E-state index < -0.39 is 0 Å². The molecule has 0 atom stereocenters. The molecule has 0 amide bonds. The van der Waals surface area contributed by atoms with Crippen molar-refractivity contribution in [3.8, 4) is 5.75 Å². The number of benzene rings is 2. The Hall–Kier alpha value is -1.80. The first-order valence-corrected chi connectivity index (χ1v) is 6.10. The zero-order valence-electron chi connectivity index (χ0n) is 10.2. The smallest absolute Gasteiger partial charge is 0.119 e. The monoisotopic (exact) mass is 257 g/mol. The third-order valence-electron chi connectivity index (χ3n) is 3.25. The lowest BCUT2D eigenvalue weighted by atomic mass is 10.0. The van der Waals surface area contributed by atoms with Gasteiger partial charge in [-0.1, -0.05) is 17.7 Å². The number of aromatic nitrogens is 1. The van der Waals surface area contributed by atoms with Crippen molar-refractivity contribution in [2.75, 3.05) is 7.11 Å². The Labute approximate surface area is 110 Å². The number of fused-ring (bicyclic) bond motifs is 3. The molecule has 0 N–H and O–H groups in total. The molecule has 0 aliphatic rings. The molecule has 0 bridgehead atoms. The maximum absolute atomic E-state index is 6.13. The molecule has 3 rings (SSSR count). The van der Waals surface area contributed by atoms with Gasteiger partial charge in [0.25, 0.3) is 0 Å². The third-order valence-corrected chi connectivity index (χ3v) is 3.66. The summed E-state index contributed by atoms with van der Waals surface area (Å²) in [5, 5.41) is 4.11. The summed E-state index contributed by atoms with van der Waals surface area (Å²) < 4.78 is 5.23. The van der Waals surface area contributed by atoms with Gasteiger partial charge in [0.1, 0.15) is 5.75 Å². The van der Waals surface area contributed by atoms with Crippen molar-refractivity contribution in [3.05, 3.63) is 47.1 Å². The molecule has 18 heavy (non-hydrogen) atoms. The number of aryl methyl sites for hydroxylation is 1. The van der Waals surface area contributed by atoms with Crippen molar-refractivity contribution in [3.63, 3.8) is 0 Å². The molecule has 2 nitrogen and oxygen atoms in total. The number of rotatable bonds is 1. The SMILES string of the molecule is COc1ccc2c(cnc3c(C)c(Cl)ccc32)c1. The lowest BCUT2D eigenvalue weighted by Crippen LogP contribution is -1.88. The van der Waals surface area contributed by atoms with Gasteiger partial charge in [0, 0.05) is 22.0 Å². The van der Waals surface area contributed by atoms with Crippen LogP contribution in [0.15, 0.2) is 36.5 Å². The number of halogens is 1. The molecule has 0 fully saturated rings. The van der Waals surface area contributed by atoms with Crippen LogP contribution in [0.4, 0.5) is 0 Å². The number of ether oxygens (including phenoxy) is 1. The van der Waals surface area contributed by atoms with E-state index in [2.05, 4.69) is 11.1 Å². The van der Waals surface area contributed by atoms with Crippen LogP contribution in [-0.2, 0) is 0 Å². The van der Waals surface area contributed by atoms with Gasteiger partial charge in [-0.25, -0.2) is 0 Å². The van der Waals surface area contributed by atoms with E-state index in [-0.39, 0.29) is 0 Å². The standard InChI is InChI=1S/C15H12ClNO/c1-9-14(16)6-5-13-12-4-3-11(18-2)7-10(12)8-17-15(9)13/h3-8H,1-2H3. The molecule has 3 heteroatoms. The van der Waals surface area contributed by atoms with Crippen molar-refractivity contribution >= 4 is 33.3 Å². The Kier molecular flexibility index (Phi) is 2.60. The predicted molar refractivity (Wildman–Crippen MR) is 75.5 cm³/mol. The number of hydrogen-bond acceptors (Lipinski definition) is 2.